The van der Waals surface area contributed by atoms with Crippen LogP contribution in [-0.4, -0.2) is 30.3 Å². The van der Waals surface area contributed by atoms with Crippen molar-refractivity contribution >= 4 is 17.6 Å². The highest BCUT2D eigenvalue weighted by Gasteiger charge is 2.45. The quantitative estimate of drug-likeness (QED) is 0.896. The van der Waals surface area contributed by atoms with Gasteiger partial charge < -0.3 is 15.6 Å². The van der Waals surface area contributed by atoms with E-state index in [9.17, 15) is 9.90 Å². The van der Waals surface area contributed by atoms with Crippen molar-refractivity contribution < 1.29 is 14.6 Å². The molecular formula is C15H20ClNO3. The Kier molecular flexibility index (Phi) is 4.68. The number of nitrogens with two attached hydrogens (primary N) is 1. The molecule has 1 fully saturated rings. The van der Waals surface area contributed by atoms with Crippen molar-refractivity contribution in [2.24, 2.45) is 5.73 Å². The Labute approximate surface area is 123 Å². The van der Waals surface area contributed by atoms with Gasteiger partial charge in [0.05, 0.1) is 6.10 Å². The van der Waals surface area contributed by atoms with Gasteiger partial charge in [0.15, 0.2) is 0 Å². The molecule has 0 spiro atoms. The zero-order valence-corrected chi connectivity index (χ0v) is 12.3. The fraction of sp³-hybridized carbons (Fsp3) is 0.533. The van der Waals surface area contributed by atoms with Crippen molar-refractivity contribution in [3.8, 4) is 0 Å². The fourth-order valence-electron chi connectivity index (χ4n) is 3.14. The van der Waals surface area contributed by atoms with Gasteiger partial charge in [0, 0.05) is 17.5 Å². The minimum atomic E-state index is -0.962. The molecule has 110 valence electrons. The number of hydrogen-bond donors (Lipinski definition) is 2. The molecule has 0 amide bonds. The number of halogens is 1. The molecule has 1 saturated carbocycles. The Morgan fingerprint density at radius 2 is 1.95 bits per heavy atom. The fourth-order valence-corrected chi connectivity index (χ4v) is 3.27. The second-order valence-electron chi connectivity index (χ2n) is 5.41. The van der Waals surface area contributed by atoms with Crippen LogP contribution in [0.2, 0.25) is 5.02 Å². The van der Waals surface area contributed by atoms with Crippen LogP contribution in [0, 0.1) is 0 Å². The summed E-state index contributed by atoms with van der Waals surface area (Å²) in [6.45, 7) is 0. The van der Waals surface area contributed by atoms with Crippen molar-refractivity contribution in [2.75, 3.05) is 7.11 Å². The molecule has 0 aliphatic heterocycles. The van der Waals surface area contributed by atoms with Crippen molar-refractivity contribution in [3.05, 3.63) is 34.9 Å². The van der Waals surface area contributed by atoms with Gasteiger partial charge in [-0.1, -0.05) is 23.7 Å². The molecule has 0 saturated heterocycles. The molecule has 5 heteroatoms. The van der Waals surface area contributed by atoms with Crippen LogP contribution in [0.4, 0.5) is 0 Å². The third kappa shape index (κ3) is 2.82. The second kappa shape index (κ2) is 6.12. The summed E-state index contributed by atoms with van der Waals surface area (Å²) in [6, 6.07) is 6.43. The zero-order valence-electron chi connectivity index (χ0n) is 11.5. The lowest BCUT2D eigenvalue weighted by molar-refractivity contribution is -0.141. The third-order valence-corrected chi connectivity index (χ3v) is 4.69. The van der Waals surface area contributed by atoms with Gasteiger partial charge in [0.1, 0.15) is 6.04 Å². The summed E-state index contributed by atoms with van der Waals surface area (Å²) < 4.78 is 5.37. The van der Waals surface area contributed by atoms with Crippen molar-refractivity contribution in [2.45, 2.75) is 43.2 Å². The molecule has 2 rings (SSSR count). The average Bonchev–Trinajstić information content (AvgIpc) is 2.47. The minimum absolute atomic E-state index is 0.191. The summed E-state index contributed by atoms with van der Waals surface area (Å²) in [6.07, 6.45) is 3.25. The average molecular weight is 298 g/mol. The Hall–Kier alpha value is -1.10. The van der Waals surface area contributed by atoms with Gasteiger partial charge in [0.2, 0.25) is 0 Å². The van der Waals surface area contributed by atoms with E-state index in [1.54, 1.807) is 19.2 Å². The summed E-state index contributed by atoms with van der Waals surface area (Å²) in [5.74, 6) is -0.962. The maximum Gasteiger partial charge on any atom is 0.321 e. The van der Waals surface area contributed by atoms with E-state index < -0.39 is 17.4 Å². The highest BCUT2D eigenvalue weighted by atomic mass is 35.5. The number of aliphatic carboxylic acids is 1. The Morgan fingerprint density at radius 3 is 2.40 bits per heavy atom. The maximum absolute atomic E-state index is 11.4. The van der Waals surface area contributed by atoms with Gasteiger partial charge >= 0.3 is 5.97 Å². The predicted octanol–water partition coefficient (Wildman–Crippen LogP) is 2.58. The molecule has 1 aliphatic rings. The van der Waals surface area contributed by atoms with Gasteiger partial charge in [-0.05, 0) is 43.4 Å². The van der Waals surface area contributed by atoms with Crippen LogP contribution in [0.3, 0.4) is 0 Å². The smallest absolute Gasteiger partial charge is 0.321 e. The van der Waals surface area contributed by atoms with E-state index in [4.69, 9.17) is 22.1 Å². The number of carboxylic acid groups (broad SMARTS) is 1. The maximum atomic E-state index is 11.4. The van der Waals surface area contributed by atoms with Crippen LogP contribution >= 0.6 is 11.6 Å². The molecule has 0 heterocycles. The topological polar surface area (TPSA) is 72.5 Å². The Bertz CT molecular complexity index is 467. The number of carbonyl (C=O) groups is 1. The van der Waals surface area contributed by atoms with E-state index in [0.717, 1.165) is 18.4 Å². The van der Waals surface area contributed by atoms with E-state index in [1.165, 1.54) is 0 Å². The molecule has 20 heavy (non-hydrogen) atoms. The summed E-state index contributed by atoms with van der Waals surface area (Å²) >= 11 is 5.92. The van der Waals surface area contributed by atoms with Crippen LogP contribution in [-0.2, 0) is 14.9 Å². The molecule has 1 aromatic rings. The summed E-state index contributed by atoms with van der Waals surface area (Å²) in [5.41, 5.74) is 6.42. The molecule has 0 radical (unpaired) electrons. The minimum Gasteiger partial charge on any atom is -0.480 e. The largest absolute Gasteiger partial charge is 0.480 e. The molecule has 1 atom stereocenters. The molecule has 1 aliphatic carbocycles. The monoisotopic (exact) mass is 297 g/mol. The molecule has 1 aromatic carbocycles. The first-order valence-corrected chi connectivity index (χ1v) is 7.14. The number of methoxy groups -OCH3 is 1. The number of carboxylic acids is 1. The van der Waals surface area contributed by atoms with Crippen molar-refractivity contribution in [3.63, 3.8) is 0 Å². The zero-order chi connectivity index (χ0) is 14.8. The van der Waals surface area contributed by atoms with E-state index in [0.29, 0.717) is 17.9 Å². The van der Waals surface area contributed by atoms with Crippen LogP contribution in [0.25, 0.3) is 0 Å². The Balaban J connectivity index is 2.35. The normalized spacial score (nSPS) is 28.1. The molecular weight excluding hydrogens is 278 g/mol. The van der Waals surface area contributed by atoms with Crippen LogP contribution in [0.5, 0.6) is 0 Å². The summed E-state index contributed by atoms with van der Waals surface area (Å²) in [7, 11) is 1.69. The van der Waals surface area contributed by atoms with Crippen molar-refractivity contribution in [1.29, 1.82) is 0 Å². The lowest BCUT2D eigenvalue weighted by Gasteiger charge is -2.42. The molecule has 0 unspecified atom stereocenters. The van der Waals surface area contributed by atoms with E-state index in [1.807, 2.05) is 12.1 Å². The van der Waals surface area contributed by atoms with Gasteiger partial charge in [-0.25, -0.2) is 0 Å². The highest BCUT2D eigenvalue weighted by molar-refractivity contribution is 6.30. The van der Waals surface area contributed by atoms with E-state index in [-0.39, 0.29) is 6.10 Å². The van der Waals surface area contributed by atoms with E-state index in [2.05, 4.69) is 0 Å². The Morgan fingerprint density at radius 1 is 1.40 bits per heavy atom. The molecule has 4 nitrogen and oxygen atoms in total. The van der Waals surface area contributed by atoms with E-state index >= 15 is 0 Å². The van der Waals surface area contributed by atoms with Crippen LogP contribution in [0.15, 0.2) is 24.3 Å². The second-order valence-corrected chi connectivity index (χ2v) is 5.85. The highest BCUT2D eigenvalue weighted by Crippen LogP contribution is 2.42. The van der Waals surface area contributed by atoms with Gasteiger partial charge in [-0.3, -0.25) is 4.79 Å². The first-order chi connectivity index (χ1) is 9.49. The molecule has 0 aromatic heterocycles. The first-order valence-electron chi connectivity index (χ1n) is 6.77. The lowest BCUT2D eigenvalue weighted by Crippen LogP contribution is -2.53. The molecule has 0 bridgehead atoms. The number of hydrogen-bond acceptors (Lipinski definition) is 3. The van der Waals surface area contributed by atoms with Crippen molar-refractivity contribution in [1.82, 2.24) is 0 Å². The third-order valence-electron chi connectivity index (χ3n) is 4.44. The number of benzene rings is 1. The summed E-state index contributed by atoms with van der Waals surface area (Å²) in [4.78, 5) is 11.4. The number of ether oxygens (including phenoxy) is 1. The predicted molar refractivity (Wildman–Crippen MR) is 78.0 cm³/mol. The summed E-state index contributed by atoms with van der Waals surface area (Å²) in [5, 5.41) is 9.99. The van der Waals surface area contributed by atoms with Crippen LogP contribution in [0.1, 0.15) is 31.2 Å². The van der Waals surface area contributed by atoms with Gasteiger partial charge in [-0.15, -0.1) is 0 Å². The lowest BCUT2D eigenvalue weighted by atomic mass is 9.64. The standard InChI is InChI=1S/C15H20ClNO3/c1-20-12-6-8-15(9-7-12,13(17)14(18)19)10-2-4-11(16)5-3-10/h2-5,12-13H,6-9,17H2,1H3,(H,18,19)/t12-,13-,15-/m1/s1. The van der Waals surface area contributed by atoms with Gasteiger partial charge in [0.25, 0.3) is 0 Å². The van der Waals surface area contributed by atoms with Gasteiger partial charge in [-0.2, -0.15) is 0 Å². The molecule has 3 N–H and O–H groups in total. The first kappa shape index (κ1) is 15.3. The van der Waals surface area contributed by atoms with Crippen LogP contribution < -0.4 is 5.73 Å². The SMILES string of the molecule is CO[C@H]1CC[C@](c2ccc(Cl)cc2)([C@H](N)C(=O)O)CC1. The number of rotatable bonds is 4.